The lowest BCUT2D eigenvalue weighted by atomic mass is 9.95. The lowest BCUT2D eigenvalue weighted by Crippen LogP contribution is -2.35. The van der Waals surface area contributed by atoms with Crippen molar-refractivity contribution in [2.24, 2.45) is 4.36 Å². The van der Waals surface area contributed by atoms with Crippen molar-refractivity contribution in [3.8, 4) is 28.4 Å². The highest BCUT2D eigenvalue weighted by atomic mass is 35.5. The van der Waals surface area contributed by atoms with Gasteiger partial charge in [-0.1, -0.05) is 67.6 Å². The zero-order chi connectivity index (χ0) is 34.3. The van der Waals surface area contributed by atoms with Gasteiger partial charge in [0.15, 0.2) is 11.8 Å². The number of aliphatic hydroxyl groups is 1. The lowest BCUT2D eigenvalue weighted by Gasteiger charge is -2.22. The molecular weight excluding hydrogens is 682 g/mol. The van der Waals surface area contributed by atoms with Gasteiger partial charge in [-0.25, -0.2) is 13.6 Å². The Balaban J connectivity index is 1.12. The Kier molecular flexibility index (Phi) is 9.78. The Morgan fingerprint density at radius 2 is 1.69 bits per heavy atom. The van der Waals surface area contributed by atoms with Crippen LogP contribution < -0.4 is 9.46 Å². The van der Waals surface area contributed by atoms with Crippen molar-refractivity contribution in [3.05, 3.63) is 59.6 Å². The van der Waals surface area contributed by atoms with Crippen LogP contribution >= 0.6 is 11.6 Å². The zero-order valence-electron chi connectivity index (χ0n) is 28.3. The topological polar surface area (TPSA) is 129 Å². The van der Waals surface area contributed by atoms with Gasteiger partial charge in [-0.2, -0.15) is 4.98 Å². The maximum absolute atomic E-state index is 12.9. The monoisotopic (exact) mass is 725 g/mol. The van der Waals surface area contributed by atoms with Crippen molar-refractivity contribution in [3.63, 3.8) is 0 Å². The number of aliphatic hydroxyl groups excluding tert-OH is 1. The van der Waals surface area contributed by atoms with Gasteiger partial charge in [0.05, 0.1) is 30.0 Å². The molecular formula is C35H44ClN5O6SSi. The largest absolute Gasteiger partial charge is 0.456 e. The summed E-state index contributed by atoms with van der Waals surface area (Å²) >= 11 is 6.82. The van der Waals surface area contributed by atoms with Crippen molar-refractivity contribution in [1.82, 2.24) is 14.5 Å². The van der Waals surface area contributed by atoms with Crippen LogP contribution in [0.2, 0.25) is 30.7 Å². The molecule has 2 saturated heterocycles. The number of halogens is 1. The average Bonchev–Trinajstić information content (AvgIpc) is 3.71. The first-order valence-electron chi connectivity index (χ1n) is 16.8. The molecule has 3 fully saturated rings. The molecule has 2 N–H and O–H groups in total. The van der Waals surface area contributed by atoms with Crippen molar-refractivity contribution in [2.75, 3.05) is 30.8 Å². The van der Waals surface area contributed by atoms with E-state index < -0.39 is 36.3 Å². The molecule has 0 radical (unpaired) electrons. The van der Waals surface area contributed by atoms with E-state index in [1.54, 1.807) is 12.3 Å². The number of hydrogen-bond donors (Lipinski definition) is 2. The molecule has 2 aliphatic heterocycles. The average molecular weight is 726 g/mol. The van der Waals surface area contributed by atoms with Crippen molar-refractivity contribution in [2.45, 2.75) is 82.1 Å². The second kappa shape index (κ2) is 13.9. The predicted molar refractivity (Wildman–Crippen MR) is 195 cm³/mol. The minimum atomic E-state index is -2.49. The third-order valence-corrected chi connectivity index (χ3v) is 12.5. The Hall–Kier alpha value is -3.04. The first-order valence-corrected chi connectivity index (χ1v) is 22.9. The van der Waals surface area contributed by atoms with Gasteiger partial charge in [0.25, 0.3) is 0 Å². The minimum absolute atomic E-state index is 0.202. The SMILES string of the molecule is C[Si](C)(C)CCOCn1c(O[C@@H]2CO[C@H]3[C@@H]2OC[C@H]3O)nc2cc(Cl)c(-c3ccc(-c4ccc(NS(C)(=O)=NC5CCC5)cc4)cc3)nc21. The van der Waals surface area contributed by atoms with Gasteiger partial charge in [0.1, 0.15) is 40.5 Å². The third kappa shape index (κ3) is 7.83. The van der Waals surface area contributed by atoms with Crippen LogP contribution in [0.5, 0.6) is 6.01 Å². The van der Waals surface area contributed by atoms with Crippen molar-refractivity contribution >= 4 is 46.4 Å². The van der Waals surface area contributed by atoms with Crippen LogP contribution in [0.1, 0.15) is 19.3 Å². The summed E-state index contributed by atoms with van der Waals surface area (Å²) in [6.45, 7) is 8.27. The molecule has 0 spiro atoms. The van der Waals surface area contributed by atoms with E-state index in [0.717, 1.165) is 47.7 Å². The molecule has 1 aliphatic carbocycles. The van der Waals surface area contributed by atoms with E-state index in [2.05, 4.69) is 28.7 Å². The van der Waals surface area contributed by atoms with Gasteiger partial charge in [-0.05, 0) is 54.6 Å². The quantitative estimate of drug-likeness (QED) is 0.123. The molecule has 0 amide bonds. The zero-order valence-corrected chi connectivity index (χ0v) is 30.9. The maximum Gasteiger partial charge on any atom is 0.301 e. The molecule has 11 nitrogen and oxygen atoms in total. The summed E-state index contributed by atoms with van der Waals surface area (Å²) in [5.74, 6) is 0. The molecule has 0 bridgehead atoms. The fraction of sp³-hybridized carbons (Fsp3) is 0.486. The Bertz CT molecular complexity index is 1920. The van der Waals surface area contributed by atoms with E-state index in [1.807, 2.05) is 53.1 Å². The minimum Gasteiger partial charge on any atom is -0.456 e. The summed E-state index contributed by atoms with van der Waals surface area (Å²) in [7, 11) is -3.78. The number of nitrogens with zero attached hydrogens (tertiary/aromatic N) is 4. The molecule has 2 aromatic carbocycles. The highest BCUT2D eigenvalue weighted by Crippen LogP contribution is 2.35. The molecule has 1 unspecified atom stereocenters. The normalized spacial score (nSPS) is 23.6. The second-order valence-electron chi connectivity index (χ2n) is 14.4. The summed E-state index contributed by atoms with van der Waals surface area (Å²) in [5.41, 5.74) is 5.48. The van der Waals surface area contributed by atoms with Gasteiger partial charge in [0, 0.05) is 32.2 Å². The molecule has 14 heteroatoms. The van der Waals surface area contributed by atoms with E-state index in [0.29, 0.717) is 34.5 Å². The number of imidazole rings is 1. The smallest absolute Gasteiger partial charge is 0.301 e. The molecule has 5 atom stereocenters. The summed E-state index contributed by atoms with van der Waals surface area (Å²) in [5, 5.41) is 10.7. The molecule has 7 rings (SSSR count). The molecule has 4 heterocycles. The number of benzene rings is 2. The lowest BCUT2D eigenvalue weighted by molar-refractivity contribution is 0.00336. The highest BCUT2D eigenvalue weighted by molar-refractivity contribution is 7.94. The van der Waals surface area contributed by atoms with Crippen LogP contribution in [-0.4, -0.2) is 88.5 Å². The van der Waals surface area contributed by atoms with Crippen molar-refractivity contribution in [1.29, 1.82) is 0 Å². The van der Waals surface area contributed by atoms with Crippen LogP contribution in [0.15, 0.2) is 59.0 Å². The summed E-state index contributed by atoms with van der Waals surface area (Å²) in [6, 6.07) is 19.3. The molecule has 2 aromatic heterocycles. The second-order valence-corrected chi connectivity index (χ2v) is 22.4. The number of pyridine rings is 1. The number of fused-ring (bicyclic) bond motifs is 2. The Labute approximate surface area is 293 Å². The number of hydrogen-bond acceptors (Lipinski definition) is 9. The molecule has 4 aromatic rings. The third-order valence-electron chi connectivity index (χ3n) is 9.20. The molecule has 262 valence electrons. The van der Waals surface area contributed by atoms with E-state index in [9.17, 15) is 9.32 Å². The van der Waals surface area contributed by atoms with Crippen LogP contribution in [0.3, 0.4) is 0 Å². The van der Waals surface area contributed by atoms with E-state index >= 15 is 0 Å². The fourth-order valence-electron chi connectivity index (χ4n) is 6.20. The Morgan fingerprint density at radius 1 is 1.02 bits per heavy atom. The first kappa shape index (κ1) is 34.4. The van der Waals surface area contributed by atoms with E-state index in [1.165, 1.54) is 0 Å². The number of aromatic nitrogens is 3. The van der Waals surface area contributed by atoms with Gasteiger partial charge in [-0.3, -0.25) is 9.29 Å². The van der Waals surface area contributed by atoms with E-state index in [4.69, 9.17) is 40.5 Å². The first-order chi connectivity index (χ1) is 23.4. The summed E-state index contributed by atoms with van der Waals surface area (Å²) in [6.07, 6.45) is 2.94. The van der Waals surface area contributed by atoms with E-state index in [-0.39, 0.29) is 32.1 Å². The van der Waals surface area contributed by atoms with Crippen LogP contribution in [0, 0.1) is 0 Å². The summed E-state index contributed by atoms with van der Waals surface area (Å²) in [4.78, 5) is 9.75. The number of ether oxygens (including phenoxy) is 4. The van der Waals surface area contributed by atoms with Crippen molar-refractivity contribution < 1.29 is 28.3 Å². The fourth-order valence-corrected chi connectivity index (χ4v) is 8.62. The highest BCUT2D eigenvalue weighted by Gasteiger charge is 2.49. The number of nitrogens with one attached hydrogen (secondary N) is 1. The number of anilines is 1. The molecule has 49 heavy (non-hydrogen) atoms. The number of rotatable bonds is 12. The summed E-state index contributed by atoms with van der Waals surface area (Å²) < 4.78 is 46.4. The van der Waals surface area contributed by atoms with Gasteiger partial charge in [0.2, 0.25) is 0 Å². The van der Waals surface area contributed by atoms with Gasteiger partial charge >= 0.3 is 6.01 Å². The standard InChI is InChI=1S/C35H44ClN5O6SSi/c1-48(43,39-25-6-5-7-25)40-26-14-12-23(13-15-26)22-8-10-24(11-9-22)31-27(36)18-28-34(38-31)41(21-44-16-17-49(2,3)4)35(37-28)47-30-20-46-32-29(42)19-45-33(30)32/h8-15,18,25,29-30,32-33,42H,5-7,16-17,19-21H2,1-4H3,(H,39,40,43)/t29-,30-,32-,33-,48?/m1/s1. The predicted octanol–water partition coefficient (Wildman–Crippen LogP) is 6.61. The van der Waals surface area contributed by atoms with Gasteiger partial charge in [-0.15, -0.1) is 0 Å². The maximum atomic E-state index is 12.9. The van der Waals surface area contributed by atoms with Gasteiger partial charge < -0.3 is 24.1 Å². The molecule has 3 aliphatic rings. The van der Waals surface area contributed by atoms with Crippen LogP contribution in [0.25, 0.3) is 33.5 Å². The van der Waals surface area contributed by atoms with Crippen LogP contribution in [-0.2, 0) is 30.9 Å². The Morgan fingerprint density at radius 3 is 2.37 bits per heavy atom. The van der Waals surface area contributed by atoms with Crippen LogP contribution in [0.4, 0.5) is 5.69 Å². The molecule has 1 saturated carbocycles.